The van der Waals surface area contributed by atoms with E-state index >= 15 is 0 Å². The number of benzene rings is 1. The van der Waals surface area contributed by atoms with Crippen LogP contribution in [-0.2, 0) is 29.1 Å². The minimum Gasteiger partial charge on any atom is -0.419 e. The first kappa shape index (κ1) is 20.3. The molecule has 0 amide bonds. The van der Waals surface area contributed by atoms with Gasteiger partial charge >= 0.3 is 11.9 Å². The zero-order valence-corrected chi connectivity index (χ0v) is 16.9. The number of hydrogen-bond acceptors (Lipinski definition) is 7. The number of esters is 2. The van der Waals surface area contributed by atoms with Crippen LogP contribution in [0.15, 0.2) is 40.9 Å². The Labute approximate surface area is 164 Å². The number of piperidine rings is 1. The molecule has 0 bridgehead atoms. The van der Waals surface area contributed by atoms with E-state index in [4.69, 9.17) is 9.47 Å². The first-order chi connectivity index (χ1) is 13.1. The van der Waals surface area contributed by atoms with Gasteiger partial charge in [0.05, 0.1) is 4.90 Å². The second kappa shape index (κ2) is 7.56. The first-order valence-corrected chi connectivity index (χ1v) is 10.6. The molecule has 9 heteroatoms. The maximum absolute atomic E-state index is 12.8. The van der Waals surface area contributed by atoms with Crippen LogP contribution in [-0.4, -0.2) is 43.0 Å². The molecule has 2 saturated heterocycles. The third kappa shape index (κ3) is 4.20. The molecule has 2 fully saturated rings. The third-order valence-electron chi connectivity index (χ3n) is 4.70. The van der Waals surface area contributed by atoms with Crippen LogP contribution in [0.4, 0.5) is 5.69 Å². The number of cyclic esters (lactones) is 2. The number of nitrogens with zero attached hydrogens (tertiary/aromatic N) is 1. The van der Waals surface area contributed by atoms with Crippen molar-refractivity contribution in [2.24, 2.45) is 0 Å². The molecule has 1 aromatic carbocycles. The van der Waals surface area contributed by atoms with Crippen molar-refractivity contribution in [3.05, 3.63) is 36.0 Å². The van der Waals surface area contributed by atoms with E-state index in [0.717, 1.165) is 19.3 Å². The highest BCUT2D eigenvalue weighted by Crippen LogP contribution is 2.26. The summed E-state index contributed by atoms with van der Waals surface area (Å²) in [5.41, 5.74) is 0.252. The van der Waals surface area contributed by atoms with Gasteiger partial charge in [-0.3, -0.25) is 0 Å². The molecule has 0 saturated carbocycles. The summed E-state index contributed by atoms with van der Waals surface area (Å²) < 4.78 is 37.2. The number of rotatable bonds is 4. The van der Waals surface area contributed by atoms with Crippen molar-refractivity contribution in [1.82, 2.24) is 4.31 Å². The molecule has 2 aliphatic rings. The van der Waals surface area contributed by atoms with Crippen LogP contribution in [0.5, 0.6) is 0 Å². The topological polar surface area (TPSA) is 102 Å². The maximum Gasteiger partial charge on any atom is 0.350 e. The number of anilines is 1. The van der Waals surface area contributed by atoms with E-state index < -0.39 is 27.7 Å². The molecular formula is C19H24N2O6S. The number of sulfonamides is 1. The van der Waals surface area contributed by atoms with Crippen LogP contribution in [0.25, 0.3) is 0 Å². The van der Waals surface area contributed by atoms with E-state index in [0.29, 0.717) is 12.2 Å². The minimum atomic E-state index is -3.55. The number of carbonyl (C=O) groups excluding carboxylic acids is 2. The summed E-state index contributed by atoms with van der Waals surface area (Å²) in [5.74, 6) is -2.87. The van der Waals surface area contributed by atoms with E-state index in [1.165, 1.54) is 36.5 Å². The Morgan fingerprint density at radius 3 is 2.29 bits per heavy atom. The highest BCUT2D eigenvalue weighted by Gasteiger charge is 2.39. The van der Waals surface area contributed by atoms with Gasteiger partial charge in [-0.25, -0.2) is 18.0 Å². The van der Waals surface area contributed by atoms with Gasteiger partial charge in [0.1, 0.15) is 0 Å². The SMILES string of the molecule is CC1CCCCN1S(=O)(=O)c1ccc(NC=C2C(=O)OC(C)(C)OC2=O)cc1. The molecule has 28 heavy (non-hydrogen) atoms. The van der Waals surface area contributed by atoms with E-state index in [9.17, 15) is 18.0 Å². The fourth-order valence-corrected chi connectivity index (χ4v) is 4.92. The zero-order valence-electron chi connectivity index (χ0n) is 16.1. The molecule has 1 aromatic rings. The molecule has 0 aromatic heterocycles. The Hall–Kier alpha value is -2.39. The molecule has 1 N–H and O–H groups in total. The monoisotopic (exact) mass is 408 g/mol. The number of nitrogens with one attached hydrogen (secondary N) is 1. The van der Waals surface area contributed by atoms with Gasteiger partial charge in [-0.15, -0.1) is 0 Å². The largest absolute Gasteiger partial charge is 0.419 e. The average molecular weight is 408 g/mol. The highest BCUT2D eigenvalue weighted by molar-refractivity contribution is 7.89. The summed E-state index contributed by atoms with van der Waals surface area (Å²) in [5, 5.41) is 2.80. The van der Waals surface area contributed by atoms with Crippen LogP contribution in [0, 0.1) is 0 Å². The highest BCUT2D eigenvalue weighted by atomic mass is 32.2. The predicted molar refractivity (Wildman–Crippen MR) is 102 cm³/mol. The van der Waals surface area contributed by atoms with Gasteiger partial charge in [-0.2, -0.15) is 4.31 Å². The second-order valence-electron chi connectivity index (χ2n) is 7.37. The van der Waals surface area contributed by atoms with Crippen molar-refractivity contribution in [2.75, 3.05) is 11.9 Å². The molecular weight excluding hydrogens is 384 g/mol. The predicted octanol–water partition coefficient (Wildman–Crippen LogP) is 2.38. The van der Waals surface area contributed by atoms with Crippen LogP contribution in [0.2, 0.25) is 0 Å². The van der Waals surface area contributed by atoms with Crippen LogP contribution >= 0.6 is 0 Å². The lowest BCUT2D eigenvalue weighted by Gasteiger charge is -2.32. The molecule has 0 spiro atoms. The van der Waals surface area contributed by atoms with Gasteiger partial charge in [0, 0.05) is 38.3 Å². The van der Waals surface area contributed by atoms with E-state index in [-0.39, 0.29) is 16.5 Å². The summed E-state index contributed by atoms with van der Waals surface area (Å²) in [7, 11) is -3.55. The minimum absolute atomic E-state index is 0.0196. The van der Waals surface area contributed by atoms with Crippen LogP contribution in [0.1, 0.15) is 40.0 Å². The summed E-state index contributed by atoms with van der Waals surface area (Å²) in [4.78, 5) is 24.0. The molecule has 1 atom stereocenters. The van der Waals surface area contributed by atoms with Gasteiger partial charge in [-0.05, 0) is 44.0 Å². The van der Waals surface area contributed by atoms with Crippen molar-refractivity contribution in [2.45, 2.75) is 56.8 Å². The Morgan fingerprint density at radius 2 is 1.71 bits per heavy atom. The Balaban J connectivity index is 1.73. The standard InChI is InChI=1S/C19H24N2O6S/c1-13-6-4-5-11-21(13)28(24,25)15-9-7-14(8-10-15)20-12-16-17(22)26-19(2,3)27-18(16)23/h7-10,12-13,20H,4-6,11H2,1-3H3. The van der Waals surface area contributed by atoms with E-state index in [1.807, 2.05) is 6.92 Å². The lowest BCUT2D eigenvalue weighted by atomic mass is 10.1. The van der Waals surface area contributed by atoms with Crippen molar-refractivity contribution in [3.63, 3.8) is 0 Å². The Bertz CT molecular complexity index is 883. The first-order valence-electron chi connectivity index (χ1n) is 9.15. The molecule has 0 aliphatic carbocycles. The zero-order chi connectivity index (χ0) is 20.5. The number of hydrogen-bond donors (Lipinski definition) is 1. The Morgan fingerprint density at radius 1 is 1.11 bits per heavy atom. The number of ether oxygens (including phenoxy) is 2. The number of carbonyl (C=O) groups is 2. The van der Waals surface area contributed by atoms with Gasteiger partial charge in [-0.1, -0.05) is 6.42 Å². The summed E-state index contributed by atoms with van der Waals surface area (Å²) in [6, 6.07) is 6.12. The van der Waals surface area contributed by atoms with Gasteiger partial charge in [0.2, 0.25) is 10.0 Å². The molecule has 2 heterocycles. The van der Waals surface area contributed by atoms with Crippen LogP contribution < -0.4 is 5.32 Å². The fourth-order valence-electron chi connectivity index (χ4n) is 3.22. The van der Waals surface area contributed by atoms with Gasteiger partial charge in [0.25, 0.3) is 5.79 Å². The third-order valence-corrected chi connectivity index (χ3v) is 6.73. The lowest BCUT2D eigenvalue weighted by molar-refractivity contribution is -0.222. The quantitative estimate of drug-likeness (QED) is 0.464. The second-order valence-corrected chi connectivity index (χ2v) is 9.26. The fraction of sp³-hybridized carbons (Fsp3) is 0.474. The van der Waals surface area contributed by atoms with Gasteiger partial charge < -0.3 is 14.8 Å². The lowest BCUT2D eigenvalue weighted by Crippen LogP contribution is -2.42. The average Bonchev–Trinajstić information content (AvgIpc) is 2.60. The summed E-state index contributed by atoms with van der Waals surface area (Å²) in [6.07, 6.45) is 3.94. The molecule has 152 valence electrons. The molecule has 8 nitrogen and oxygen atoms in total. The molecule has 3 rings (SSSR count). The molecule has 0 radical (unpaired) electrons. The van der Waals surface area contributed by atoms with Crippen molar-refractivity contribution in [1.29, 1.82) is 0 Å². The molecule has 1 unspecified atom stereocenters. The summed E-state index contributed by atoms with van der Waals surface area (Å²) >= 11 is 0. The van der Waals surface area contributed by atoms with Gasteiger partial charge in [0.15, 0.2) is 5.57 Å². The van der Waals surface area contributed by atoms with Crippen molar-refractivity contribution >= 4 is 27.6 Å². The van der Waals surface area contributed by atoms with Crippen LogP contribution in [0.3, 0.4) is 0 Å². The van der Waals surface area contributed by atoms with E-state index in [2.05, 4.69) is 5.32 Å². The molecule has 2 aliphatic heterocycles. The Kier molecular flexibility index (Phi) is 5.49. The summed E-state index contributed by atoms with van der Waals surface area (Å²) in [6.45, 7) is 5.38. The van der Waals surface area contributed by atoms with Crippen molar-refractivity contribution in [3.8, 4) is 0 Å². The smallest absolute Gasteiger partial charge is 0.350 e. The van der Waals surface area contributed by atoms with Crippen molar-refractivity contribution < 1.29 is 27.5 Å². The van der Waals surface area contributed by atoms with E-state index in [1.54, 1.807) is 12.1 Å². The normalized spacial score (nSPS) is 23.0. The maximum atomic E-state index is 12.8.